The molecule has 0 spiro atoms. The number of aliphatic hydroxyl groups is 1. The van der Waals surface area contributed by atoms with E-state index in [9.17, 15) is 0 Å². The van der Waals surface area contributed by atoms with Gasteiger partial charge in [-0.3, -0.25) is 4.68 Å². The molecule has 1 aromatic heterocycles. The minimum absolute atomic E-state index is 0.158. The maximum Gasteiger partial charge on any atom is 0.135 e. The smallest absolute Gasteiger partial charge is 0.135 e. The van der Waals surface area contributed by atoms with Gasteiger partial charge in [0.05, 0.1) is 17.0 Å². The van der Waals surface area contributed by atoms with E-state index >= 15 is 0 Å². The van der Waals surface area contributed by atoms with Gasteiger partial charge in [-0.05, 0) is 44.5 Å². The van der Waals surface area contributed by atoms with E-state index in [2.05, 4.69) is 23.9 Å². The van der Waals surface area contributed by atoms with Crippen LogP contribution in [0.4, 0.5) is 0 Å². The summed E-state index contributed by atoms with van der Waals surface area (Å²) in [6.45, 7) is 7.14. The summed E-state index contributed by atoms with van der Waals surface area (Å²) in [5, 5.41) is 13.2. The molecule has 0 aliphatic rings. The number of aromatic nitrogens is 2. The number of aliphatic hydroxyl groups excluding tert-OH is 1. The highest BCUT2D eigenvalue weighted by Gasteiger charge is 2.07. The van der Waals surface area contributed by atoms with E-state index in [0.29, 0.717) is 6.61 Å². The van der Waals surface area contributed by atoms with Crippen molar-refractivity contribution in [1.29, 1.82) is 0 Å². The van der Waals surface area contributed by atoms with Crippen molar-refractivity contribution < 1.29 is 9.84 Å². The van der Waals surface area contributed by atoms with Crippen LogP contribution in [0.1, 0.15) is 29.4 Å². The molecule has 1 heterocycles. The Morgan fingerprint density at radius 3 is 2.81 bits per heavy atom. The van der Waals surface area contributed by atoms with Crippen molar-refractivity contribution in [2.75, 3.05) is 6.61 Å². The van der Waals surface area contributed by atoms with Gasteiger partial charge in [-0.1, -0.05) is 17.9 Å². The van der Waals surface area contributed by atoms with Crippen molar-refractivity contribution in [2.24, 2.45) is 0 Å². The maximum absolute atomic E-state index is 8.84. The number of benzene rings is 1. The molecule has 1 N–H and O–H groups in total. The molecule has 0 amide bonds. The monoisotopic (exact) mass is 284 g/mol. The number of hydrogen-bond donors (Lipinski definition) is 1. The lowest BCUT2D eigenvalue weighted by atomic mass is 10.1. The van der Waals surface area contributed by atoms with Crippen LogP contribution in [0.3, 0.4) is 0 Å². The van der Waals surface area contributed by atoms with Gasteiger partial charge in [-0.15, -0.1) is 0 Å². The van der Waals surface area contributed by atoms with Crippen LogP contribution in [0.5, 0.6) is 5.75 Å². The topological polar surface area (TPSA) is 47.3 Å². The van der Waals surface area contributed by atoms with E-state index in [1.807, 2.05) is 42.8 Å². The lowest BCUT2D eigenvalue weighted by molar-refractivity contribution is 0.291. The summed E-state index contributed by atoms with van der Waals surface area (Å²) in [6, 6.07) is 7.88. The van der Waals surface area contributed by atoms with Crippen LogP contribution in [-0.2, 0) is 13.2 Å². The van der Waals surface area contributed by atoms with E-state index in [-0.39, 0.29) is 6.61 Å². The Balaban J connectivity index is 2.19. The molecule has 0 atom stereocenters. The Bertz CT molecular complexity index is 678. The summed E-state index contributed by atoms with van der Waals surface area (Å²) < 4.78 is 7.82. The Morgan fingerprint density at radius 2 is 2.10 bits per heavy atom. The first-order valence-electron chi connectivity index (χ1n) is 7.00. The van der Waals surface area contributed by atoms with Crippen molar-refractivity contribution in [3.63, 3.8) is 0 Å². The minimum atomic E-state index is -0.158. The number of nitrogens with zero attached hydrogens (tertiary/aromatic N) is 2. The lowest BCUT2D eigenvalue weighted by Gasteiger charge is -2.10. The third-order valence-corrected chi connectivity index (χ3v) is 3.10. The highest BCUT2D eigenvalue weighted by molar-refractivity contribution is 5.48. The van der Waals surface area contributed by atoms with Crippen LogP contribution in [-0.4, -0.2) is 21.5 Å². The van der Waals surface area contributed by atoms with E-state index in [1.165, 1.54) is 0 Å². The maximum atomic E-state index is 8.84. The zero-order valence-electron chi connectivity index (χ0n) is 12.7. The Kier molecular flexibility index (Phi) is 5.02. The molecular weight excluding hydrogens is 264 g/mol. The Morgan fingerprint density at radius 1 is 1.29 bits per heavy atom. The average molecular weight is 284 g/mol. The predicted molar refractivity (Wildman–Crippen MR) is 82.1 cm³/mol. The van der Waals surface area contributed by atoms with Gasteiger partial charge >= 0.3 is 0 Å². The zero-order valence-corrected chi connectivity index (χ0v) is 12.7. The number of hydrogen-bond acceptors (Lipinski definition) is 3. The second-order valence-electron chi connectivity index (χ2n) is 4.84. The fourth-order valence-corrected chi connectivity index (χ4v) is 2.14. The summed E-state index contributed by atoms with van der Waals surface area (Å²) in [7, 11) is 0. The molecule has 1 aromatic carbocycles. The third-order valence-electron chi connectivity index (χ3n) is 3.10. The molecule has 2 aromatic rings. The SMILES string of the molecule is CCn1nc(C)cc1COc1ccc(C)cc1C#CCO. The highest BCUT2D eigenvalue weighted by Crippen LogP contribution is 2.20. The van der Waals surface area contributed by atoms with E-state index < -0.39 is 0 Å². The fraction of sp³-hybridized carbons (Fsp3) is 0.353. The first-order valence-corrected chi connectivity index (χ1v) is 7.00. The molecule has 0 bridgehead atoms. The van der Waals surface area contributed by atoms with Crippen molar-refractivity contribution in [3.8, 4) is 17.6 Å². The quantitative estimate of drug-likeness (QED) is 0.877. The standard InChI is InChI=1S/C17H20N2O2/c1-4-19-16(11-14(3)18-19)12-21-17-8-7-13(2)10-15(17)6-5-9-20/h7-8,10-11,20H,4,9,12H2,1-3H3. The van der Waals surface area contributed by atoms with E-state index in [0.717, 1.165) is 34.8 Å². The van der Waals surface area contributed by atoms with Gasteiger partial charge < -0.3 is 9.84 Å². The summed E-state index contributed by atoms with van der Waals surface area (Å²) >= 11 is 0. The fourth-order valence-electron chi connectivity index (χ4n) is 2.14. The number of aryl methyl sites for hydroxylation is 3. The normalized spacial score (nSPS) is 10.1. The molecule has 110 valence electrons. The second kappa shape index (κ2) is 6.96. The minimum Gasteiger partial charge on any atom is -0.486 e. The van der Waals surface area contributed by atoms with Gasteiger partial charge in [0, 0.05) is 6.54 Å². The van der Waals surface area contributed by atoms with Gasteiger partial charge in [0.25, 0.3) is 0 Å². The Hall–Kier alpha value is -2.25. The molecule has 21 heavy (non-hydrogen) atoms. The van der Waals surface area contributed by atoms with Gasteiger partial charge in [0.2, 0.25) is 0 Å². The van der Waals surface area contributed by atoms with Gasteiger partial charge in [-0.25, -0.2) is 0 Å². The second-order valence-corrected chi connectivity index (χ2v) is 4.84. The van der Waals surface area contributed by atoms with Crippen molar-refractivity contribution in [1.82, 2.24) is 9.78 Å². The predicted octanol–water partition coefficient (Wildman–Crippen LogP) is 2.44. The van der Waals surface area contributed by atoms with Crippen LogP contribution < -0.4 is 4.74 Å². The van der Waals surface area contributed by atoms with E-state index in [4.69, 9.17) is 9.84 Å². The van der Waals surface area contributed by atoms with Crippen molar-refractivity contribution >= 4 is 0 Å². The molecule has 2 rings (SSSR count). The summed E-state index contributed by atoms with van der Waals surface area (Å²) in [5.74, 6) is 6.32. The van der Waals surface area contributed by atoms with E-state index in [1.54, 1.807) is 0 Å². The molecule has 4 heteroatoms. The van der Waals surface area contributed by atoms with Crippen LogP contribution in [0, 0.1) is 25.7 Å². The van der Waals surface area contributed by atoms with Crippen LogP contribution >= 0.6 is 0 Å². The van der Waals surface area contributed by atoms with Gasteiger partial charge in [-0.2, -0.15) is 5.10 Å². The Labute approximate surface area is 125 Å². The third kappa shape index (κ3) is 3.87. The number of rotatable bonds is 4. The largest absolute Gasteiger partial charge is 0.486 e. The first-order chi connectivity index (χ1) is 10.1. The molecular formula is C17H20N2O2. The number of ether oxygens (including phenoxy) is 1. The summed E-state index contributed by atoms with van der Waals surface area (Å²) in [6.07, 6.45) is 0. The molecule has 0 fully saturated rings. The molecule has 0 saturated heterocycles. The van der Waals surface area contributed by atoms with Crippen molar-refractivity contribution in [2.45, 2.75) is 33.9 Å². The van der Waals surface area contributed by atoms with Crippen LogP contribution in [0.25, 0.3) is 0 Å². The van der Waals surface area contributed by atoms with Gasteiger partial charge in [0.1, 0.15) is 19.0 Å². The van der Waals surface area contributed by atoms with Crippen molar-refractivity contribution in [3.05, 3.63) is 46.8 Å². The molecule has 4 nitrogen and oxygen atoms in total. The van der Waals surface area contributed by atoms with Crippen LogP contribution in [0.2, 0.25) is 0 Å². The molecule has 0 aliphatic carbocycles. The highest BCUT2D eigenvalue weighted by atomic mass is 16.5. The lowest BCUT2D eigenvalue weighted by Crippen LogP contribution is -2.06. The summed E-state index contributed by atoms with van der Waals surface area (Å²) in [4.78, 5) is 0. The average Bonchev–Trinajstić information content (AvgIpc) is 2.84. The van der Waals surface area contributed by atoms with Gasteiger partial charge in [0.15, 0.2) is 0 Å². The zero-order chi connectivity index (χ0) is 15.2. The molecule has 0 radical (unpaired) electrons. The molecule has 0 aliphatic heterocycles. The molecule has 0 unspecified atom stereocenters. The molecule has 0 saturated carbocycles. The van der Waals surface area contributed by atoms with Crippen LogP contribution in [0.15, 0.2) is 24.3 Å². The summed E-state index contributed by atoms with van der Waals surface area (Å²) in [5.41, 5.74) is 3.93. The first kappa shape index (κ1) is 15.1.